The molecule has 0 aliphatic heterocycles. The highest BCUT2D eigenvalue weighted by atomic mass is 79.9. The summed E-state index contributed by atoms with van der Waals surface area (Å²) in [6, 6.07) is 22.9. The van der Waals surface area contributed by atoms with Gasteiger partial charge in [-0.15, -0.1) is 11.3 Å². The molecular formula is C26H17BrN4O4S2. The van der Waals surface area contributed by atoms with Crippen LogP contribution in [0, 0.1) is 10.1 Å². The lowest BCUT2D eigenvalue weighted by Gasteiger charge is -2.03. The molecule has 2 heterocycles. The molecule has 2 aromatic heterocycles. The number of benzene rings is 3. The van der Waals surface area contributed by atoms with E-state index in [1.54, 1.807) is 30.5 Å². The largest absolute Gasteiger partial charge is 0.455 e. The minimum Gasteiger partial charge on any atom is -0.455 e. The first-order valence-electron chi connectivity index (χ1n) is 10.9. The van der Waals surface area contributed by atoms with Crippen LogP contribution in [-0.2, 0) is 4.79 Å². The van der Waals surface area contributed by atoms with Crippen molar-refractivity contribution in [3.63, 3.8) is 0 Å². The van der Waals surface area contributed by atoms with Crippen molar-refractivity contribution >= 4 is 78.4 Å². The topological polar surface area (TPSA) is 111 Å². The van der Waals surface area contributed by atoms with Crippen molar-refractivity contribution in [3.05, 3.63) is 99.2 Å². The van der Waals surface area contributed by atoms with Gasteiger partial charge in [-0.05, 0) is 54.6 Å². The number of rotatable bonds is 8. The van der Waals surface area contributed by atoms with Crippen molar-refractivity contribution in [1.82, 2.24) is 4.98 Å². The van der Waals surface area contributed by atoms with Crippen molar-refractivity contribution in [1.29, 1.82) is 0 Å². The molecule has 184 valence electrons. The number of hydrogen-bond acceptors (Lipinski definition) is 8. The van der Waals surface area contributed by atoms with Gasteiger partial charge in [0.15, 0.2) is 4.34 Å². The minimum absolute atomic E-state index is 0.00438. The normalized spacial score (nSPS) is 11.3. The van der Waals surface area contributed by atoms with Crippen molar-refractivity contribution < 1.29 is 14.1 Å². The number of nitrogens with one attached hydrogen (secondary N) is 1. The molecule has 1 N–H and O–H groups in total. The highest BCUT2D eigenvalue weighted by Gasteiger charge is 2.11. The van der Waals surface area contributed by atoms with E-state index < -0.39 is 4.92 Å². The average Bonchev–Trinajstić information content (AvgIpc) is 3.54. The summed E-state index contributed by atoms with van der Waals surface area (Å²) in [6.07, 6.45) is 1.60. The van der Waals surface area contributed by atoms with Gasteiger partial charge in [0.2, 0.25) is 5.91 Å². The molecule has 0 fully saturated rings. The second-order valence-corrected chi connectivity index (χ2v) is 10.9. The Morgan fingerprint density at radius 1 is 1.14 bits per heavy atom. The zero-order valence-corrected chi connectivity index (χ0v) is 22.2. The Balaban J connectivity index is 1.22. The number of aliphatic imine (C=N–C) groups is 1. The molecule has 11 heteroatoms. The fourth-order valence-corrected chi connectivity index (χ4v) is 5.55. The molecule has 0 radical (unpaired) electrons. The third-order valence-corrected chi connectivity index (χ3v) is 7.81. The quantitative estimate of drug-likeness (QED) is 0.0854. The van der Waals surface area contributed by atoms with Gasteiger partial charge in [-0.1, -0.05) is 39.8 Å². The monoisotopic (exact) mass is 592 g/mol. The Labute approximate surface area is 227 Å². The maximum atomic E-state index is 12.3. The maximum Gasteiger partial charge on any atom is 0.270 e. The van der Waals surface area contributed by atoms with Gasteiger partial charge >= 0.3 is 0 Å². The molecule has 5 rings (SSSR count). The third kappa shape index (κ3) is 6.31. The molecule has 37 heavy (non-hydrogen) atoms. The molecule has 0 atom stereocenters. The summed E-state index contributed by atoms with van der Waals surface area (Å²) in [5.41, 5.74) is 2.94. The number of carbonyl (C=O) groups is 1. The predicted octanol–water partition coefficient (Wildman–Crippen LogP) is 7.71. The first-order chi connectivity index (χ1) is 17.9. The fourth-order valence-electron chi connectivity index (χ4n) is 3.38. The first kappa shape index (κ1) is 24.9. The van der Waals surface area contributed by atoms with Crippen molar-refractivity contribution in [2.24, 2.45) is 4.99 Å². The van der Waals surface area contributed by atoms with Gasteiger partial charge < -0.3 is 9.73 Å². The van der Waals surface area contributed by atoms with E-state index in [0.717, 1.165) is 30.4 Å². The van der Waals surface area contributed by atoms with E-state index >= 15 is 0 Å². The maximum absolute atomic E-state index is 12.3. The molecule has 0 saturated carbocycles. The number of carbonyl (C=O) groups excluding carboxylic acids is 1. The summed E-state index contributed by atoms with van der Waals surface area (Å²) in [7, 11) is 0. The number of thioether (sulfide) groups is 1. The van der Waals surface area contributed by atoms with Crippen LogP contribution in [0.2, 0.25) is 0 Å². The van der Waals surface area contributed by atoms with Crippen LogP contribution >= 0.6 is 39.0 Å². The zero-order chi connectivity index (χ0) is 25.8. The van der Waals surface area contributed by atoms with Gasteiger partial charge in [0.05, 0.1) is 32.8 Å². The number of thiazole rings is 1. The van der Waals surface area contributed by atoms with Gasteiger partial charge in [0.1, 0.15) is 11.5 Å². The van der Waals surface area contributed by atoms with Gasteiger partial charge in [-0.25, -0.2) is 4.98 Å². The molecule has 0 saturated heterocycles. The number of nitro benzene ring substituents is 1. The Hall–Kier alpha value is -3.80. The SMILES string of the molecule is O=C(CSc1nc2ccc(N=Cc3ccc(-c4cccc([N+](=O)[O-])c4)o3)cc2s1)Nc1ccc(Br)cc1. The van der Waals surface area contributed by atoms with Gasteiger partial charge in [-0.2, -0.15) is 0 Å². The second-order valence-electron chi connectivity index (χ2n) is 7.74. The van der Waals surface area contributed by atoms with E-state index in [4.69, 9.17) is 4.42 Å². The van der Waals surface area contributed by atoms with Crippen LogP contribution in [0.4, 0.5) is 17.1 Å². The van der Waals surface area contributed by atoms with E-state index in [1.807, 2.05) is 42.5 Å². The molecule has 5 aromatic rings. The number of anilines is 1. The van der Waals surface area contributed by atoms with Crippen LogP contribution < -0.4 is 5.32 Å². The van der Waals surface area contributed by atoms with Gasteiger partial charge in [0, 0.05) is 27.9 Å². The van der Waals surface area contributed by atoms with Gasteiger partial charge in [0.25, 0.3) is 5.69 Å². The predicted molar refractivity (Wildman–Crippen MR) is 151 cm³/mol. The van der Waals surface area contributed by atoms with E-state index in [1.165, 1.54) is 35.2 Å². The Bertz CT molecular complexity index is 1630. The number of amides is 1. The second kappa shape index (κ2) is 11.1. The highest BCUT2D eigenvalue weighted by molar-refractivity contribution is 9.10. The lowest BCUT2D eigenvalue weighted by atomic mass is 10.1. The van der Waals surface area contributed by atoms with Crippen molar-refractivity contribution in [2.75, 3.05) is 11.1 Å². The molecular weight excluding hydrogens is 576 g/mol. The Morgan fingerprint density at radius 3 is 2.78 bits per heavy atom. The number of nitrogens with zero attached hydrogens (tertiary/aromatic N) is 3. The summed E-state index contributed by atoms with van der Waals surface area (Å²) in [6.45, 7) is 0. The third-order valence-electron chi connectivity index (χ3n) is 5.12. The molecule has 0 aliphatic rings. The van der Waals surface area contributed by atoms with E-state index in [9.17, 15) is 14.9 Å². The number of hydrogen-bond donors (Lipinski definition) is 1. The lowest BCUT2D eigenvalue weighted by Crippen LogP contribution is -2.13. The van der Waals surface area contributed by atoms with Crippen LogP contribution in [0.3, 0.4) is 0 Å². The van der Waals surface area contributed by atoms with Crippen LogP contribution in [0.5, 0.6) is 0 Å². The Kier molecular flexibility index (Phi) is 7.45. The number of nitro groups is 1. The smallest absolute Gasteiger partial charge is 0.270 e. The molecule has 1 amide bonds. The molecule has 3 aromatic carbocycles. The van der Waals surface area contributed by atoms with Crippen LogP contribution in [-0.4, -0.2) is 27.8 Å². The fraction of sp³-hybridized carbons (Fsp3) is 0.0385. The molecule has 0 unspecified atom stereocenters. The minimum atomic E-state index is -0.437. The summed E-state index contributed by atoms with van der Waals surface area (Å²) in [4.78, 5) is 31.9. The number of furan rings is 1. The zero-order valence-electron chi connectivity index (χ0n) is 19.0. The standard InChI is InChI=1S/C26H17BrN4O4S2/c27-17-4-6-18(7-5-17)29-25(32)15-36-26-30-22-10-8-19(13-24(22)37-26)28-14-21-9-11-23(35-21)16-2-1-3-20(12-16)31(33)34/h1-14H,15H2,(H,29,32). The average molecular weight is 593 g/mol. The number of halogens is 1. The van der Waals surface area contributed by atoms with Crippen LogP contribution in [0.1, 0.15) is 5.76 Å². The van der Waals surface area contributed by atoms with E-state index in [2.05, 4.69) is 31.2 Å². The molecule has 8 nitrogen and oxygen atoms in total. The molecule has 0 bridgehead atoms. The lowest BCUT2D eigenvalue weighted by molar-refractivity contribution is -0.384. The van der Waals surface area contributed by atoms with Crippen LogP contribution in [0.25, 0.3) is 21.5 Å². The summed E-state index contributed by atoms with van der Waals surface area (Å²) >= 11 is 6.26. The van der Waals surface area contributed by atoms with Crippen molar-refractivity contribution in [3.8, 4) is 11.3 Å². The number of fused-ring (bicyclic) bond motifs is 1. The number of aromatic nitrogens is 1. The number of non-ortho nitro benzene ring substituents is 1. The summed E-state index contributed by atoms with van der Waals surface area (Å²) in [5.74, 6) is 1.21. The molecule has 0 aliphatic carbocycles. The highest BCUT2D eigenvalue weighted by Crippen LogP contribution is 2.32. The Morgan fingerprint density at radius 2 is 1.97 bits per heavy atom. The van der Waals surface area contributed by atoms with Crippen LogP contribution in [0.15, 0.2) is 97.1 Å². The van der Waals surface area contributed by atoms with Gasteiger partial charge in [-0.3, -0.25) is 19.9 Å². The first-order valence-corrected chi connectivity index (χ1v) is 13.5. The van der Waals surface area contributed by atoms with E-state index in [-0.39, 0.29) is 17.3 Å². The molecule has 0 spiro atoms. The summed E-state index contributed by atoms with van der Waals surface area (Å²) < 4.78 is 8.51. The van der Waals surface area contributed by atoms with E-state index in [0.29, 0.717) is 17.1 Å². The summed E-state index contributed by atoms with van der Waals surface area (Å²) in [5, 5.41) is 13.9. The van der Waals surface area contributed by atoms with Crippen molar-refractivity contribution in [2.45, 2.75) is 4.34 Å².